The molecule has 0 atom stereocenters. The number of hydrogen-bond donors (Lipinski definition) is 1. The third-order valence-corrected chi connectivity index (χ3v) is 5.17. The third kappa shape index (κ3) is 5.71. The third-order valence-electron chi connectivity index (χ3n) is 5.17. The van der Waals surface area contributed by atoms with Gasteiger partial charge in [0.1, 0.15) is 5.82 Å². The molecule has 0 bridgehead atoms. The van der Waals surface area contributed by atoms with Crippen LogP contribution in [0, 0.1) is 5.92 Å². The minimum Gasteiger partial charge on any atom is -0.490 e. The van der Waals surface area contributed by atoms with Crippen molar-refractivity contribution in [1.29, 1.82) is 0 Å². The second-order valence-corrected chi connectivity index (χ2v) is 8.32. The van der Waals surface area contributed by atoms with E-state index in [0.717, 1.165) is 12.8 Å². The summed E-state index contributed by atoms with van der Waals surface area (Å²) in [6.45, 7) is 9.44. The molecule has 9 heteroatoms. The van der Waals surface area contributed by atoms with Crippen molar-refractivity contribution in [2.24, 2.45) is 5.92 Å². The van der Waals surface area contributed by atoms with Crippen LogP contribution in [-0.2, 0) is 24.3 Å². The number of imidazole rings is 1. The van der Waals surface area contributed by atoms with Crippen LogP contribution in [0.5, 0.6) is 11.5 Å². The van der Waals surface area contributed by atoms with Crippen molar-refractivity contribution in [3.63, 3.8) is 0 Å². The van der Waals surface area contributed by atoms with Crippen LogP contribution >= 0.6 is 0 Å². The van der Waals surface area contributed by atoms with E-state index in [-0.39, 0.29) is 18.8 Å². The molecule has 9 nitrogen and oxygen atoms in total. The summed E-state index contributed by atoms with van der Waals surface area (Å²) < 4.78 is 14.4. The van der Waals surface area contributed by atoms with E-state index in [2.05, 4.69) is 9.97 Å². The molecule has 0 spiro atoms. The molecule has 33 heavy (non-hydrogen) atoms. The number of fused-ring (bicyclic) bond motifs is 1. The highest BCUT2D eigenvalue weighted by Crippen LogP contribution is 2.27. The summed E-state index contributed by atoms with van der Waals surface area (Å²) in [5.41, 5.74) is -0.198. The van der Waals surface area contributed by atoms with Gasteiger partial charge in [0.25, 0.3) is 5.56 Å². The standard InChI is InChI=1S/C24H32N4O5/c1-5-7-14-27-22-21(23(30)26-24(27)31)28(15-16(3)4)19(25-22)12-13-20(29)33-18-11-9-8-10-17(18)32-6-2/h8-11,16H,5-7,12-15H2,1-4H3,(H,26,30,31). The maximum atomic E-state index is 12.7. The van der Waals surface area contributed by atoms with Gasteiger partial charge in [-0.25, -0.2) is 9.78 Å². The number of ether oxygens (including phenoxy) is 2. The van der Waals surface area contributed by atoms with Crippen LogP contribution < -0.4 is 20.7 Å². The first-order valence-corrected chi connectivity index (χ1v) is 11.5. The Hall–Kier alpha value is -3.36. The summed E-state index contributed by atoms with van der Waals surface area (Å²) in [6, 6.07) is 7.01. The van der Waals surface area contributed by atoms with Crippen LogP contribution in [-0.4, -0.2) is 31.7 Å². The number of nitrogens with zero attached hydrogens (tertiary/aromatic N) is 3. The fourth-order valence-electron chi connectivity index (χ4n) is 3.69. The van der Waals surface area contributed by atoms with Gasteiger partial charge in [0.2, 0.25) is 0 Å². The number of aromatic nitrogens is 4. The monoisotopic (exact) mass is 456 g/mol. The normalized spacial score (nSPS) is 11.3. The highest BCUT2D eigenvalue weighted by molar-refractivity contribution is 5.74. The zero-order valence-corrected chi connectivity index (χ0v) is 19.7. The van der Waals surface area contributed by atoms with Crippen LogP contribution in [0.1, 0.15) is 52.8 Å². The number of benzene rings is 1. The van der Waals surface area contributed by atoms with Crippen molar-refractivity contribution in [2.45, 2.75) is 66.5 Å². The molecule has 0 aliphatic heterocycles. The summed E-state index contributed by atoms with van der Waals surface area (Å²) in [6.07, 6.45) is 2.04. The minimum atomic E-state index is -0.464. The molecule has 1 aromatic carbocycles. The summed E-state index contributed by atoms with van der Waals surface area (Å²) in [5.74, 6) is 1.26. The predicted molar refractivity (Wildman–Crippen MR) is 126 cm³/mol. The number of H-pyrrole nitrogens is 1. The lowest BCUT2D eigenvalue weighted by Gasteiger charge is -2.12. The summed E-state index contributed by atoms with van der Waals surface area (Å²) in [4.78, 5) is 44.8. The molecule has 1 N–H and O–H groups in total. The van der Waals surface area contributed by atoms with E-state index < -0.39 is 17.2 Å². The van der Waals surface area contributed by atoms with Gasteiger partial charge in [-0.2, -0.15) is 0 Å². The van der Waals surface area contributed by atoms with Gasteiger partial charge in [-0.15, -0.1) is 0 Å². The lowest BCUT2D eigenvalue weighted by atomic mass is 10.2. The Morgan fingerprint density at radius 1 is 1.12 bits per heavy atom. The van der Waals surface area contributed by atoms with E-state index in [4.69, 9.17) is 9.47 Å². The lowest BCUT2D eigenvalue weighted by Crippen LogP contribution is -2.31. The quantitative estimate of drug-likeness (QED) is 0.350. The molecule has 0 saturated heterocycles. The number of carbonyl (C=O) groups is 1. The topological polar surface area (TPSA) is 108 Å². The van der Waals surface area contributed by atoms with E-state index in [9.17, 15) is 14.4 Å². The number of carbonyl (C=O) groups excluding carboxylic acids is 1. The van der Waals surface area contributed by atoms with E-state index in [1.807, 2.05) is 38.3 Å². The Kier molecular flexibility index (Phi) is 8.08. The second-order valence-electron chi connectivity index (χ2n) is 8.32. The minimum absolute atomic E-state index is 0.0684. The van der Waals surface area contributed by atoms with Gasteiger partial charge in [-0.3, -0.25) is 19.1 Å². The zero-order chi connectivity index (χ0) is 24.0. The number of aryl methyl sites for hydroxylation is 2. The van der Waals surface area contributed by atoms with Crippen LogP contribution in [0.3, 0.4) is 0 Å². The Bertz CT molecular complexity index is 1220. The number of para-hydroxylation sites is 2. The van der Waals surface area contributed by atoms with Gasteiger partial charge in [-0.1, -0.05) is 39.3 Å². The average molecular weight is 457 g/mol. The smallest absolute Gasteiger partial charge is 0.330 e. The van der Waals surface area contributed by atoms with Gasteiger partial charge in [0.05, 0.1) is 13.0 Å². The highest BCUT2D eigenvalue weighted by Gasteiger charge is 2.20. The number of esters is 1. The van der Waals surface area contributed by atoms with Crippen molar-refractivity contribution in [1.82, 2.24) is 19.1 Å². The summed E-state index contributed by atoms with van der Waals surface area (Å²) >= 11 is 0. The number of unbranched alkanes of at least 4 members (excludes halogenated alkanes) is 1. The van der Waals surface area contributed by atoms with E-state index in [1.165, 1.54) is 4.57 Å². The van der Waals surface area contributed by atoms with Gasteiger partial charge < -0.3 is 14.0 Å². The molecule has 178 valence electrons. The molecule has 2 heterocycles. The Balaban J connectivity index is 1.90. The first-order valence-electron chi connectivity index (χ1n) is 11.5. The SMILES string of the molecule is CCCCn1c(=O)[nH]c(=O)c2c1nc(CCC(=O)Oc1ccccc1OCC)n2CC(C)C. The van der Waals surface area contributed by atoms with Crippen molar-refractivity contribution < 1.29 is 14.3 Å². The number of aromatic amines is 1. The number of hydrogen-bond acceptors (Lipinski definition) is 6. The fourth-order valence-corrected chi connectivity index (χ4v) is 3.69. The van der Waals surface area contributed by atoms with Crippen LogP contribution in [0.2, 0.25) is 0 Å². The Morgan fingerprint density at radius 3 is 2.52 bits per heavy atom. The average Bonchev–Trinajstić information content (AvgIpc) is 3.11. The van der Waals surface area contributed by atoms with Crippen LogP contribution in [0.15, 0.2) is 33.9 Å². The van der Waals surface area contributed by atoms with Crippen molar-refractivity contribution in [2.75, 3.05) is 6.61 Å². The molecular weight excluding hydrogens is 424 g/mol. The van der Waals surface area contributed by atoms with Crippen LogP contribution in [0.25, 0.3) is 11.2 Å². The maximum Gasteiger partial charge on any atom is 0.330 e. The van der Waals surface area contributed by atoms with Crippen molar-refractivity contribution in [3.05, 3.63) is 50.9 Å². The molecule has 0 fully saturated rings. The highest BCUT2D eigenvalue weighted by atomic mass is 16.6. The number of nitrogens with one attached hydrogen (secondary N) is 1. The summed E-state index contributed by atoms with van der Waals surface area (Å²) in [7, 11) is 0. The molecule has 0 unspecified atom stereocenters. The molecule has 3 aromatic rings. The fraction of sp³-hybridized carbons (Fsp3) is 0.500. The van der Waals surface area contributed by atoms with Gasteiger partial charge in [0, 0.05) is 19.5 Å². The molecule has 2 aromatic heterocycles. The van der Waals surface area contributed by atoms with E-state index >= 15 is 0 Å². The first-order chi connectivity index (χ1) is 15.8. The van der Waals surface area contributed by atoms with E-state index in [0.29, 0.717) is 48.2 Å². The number of rotatable bonds is 11. The first kappa shape index (κ1) is 24.3. The predicted octanol–water partition coefficient (Wildman–Crippen LogP) is 3.28. The van der Waals surface area contributed by atoms with Gasteiger partial charge in [-0.05, 0) is 31.4 Å². The Morgan fingerprint density at radius 2 is 1.85 bits per heavy atom. The van der Waals surface area contributed by atoms with Crippen molar-refractivity contribution in [3.8, 4) is 11.5 Å². The maximum absolute atomic E-state index is 12.7. The second kappa shape index (κ2) is 11.0. The zero-order valence-electron chi connectivity index (χ0n) is 19.7. The molecule has 0 amide bonds. The molecule has 0 saturated carbocycles. The lowest BCUT2D eigenvalue weighted by molar-refractivity contribution is -0.134. The molecule has 0 aliphatic rings. The molecule has 0 radical (unpaired) electrons. The van der Waals surface area contributed by atoms with Gasteiger partial charge >= 0.3 is 11.7 Å². The summed E-state index contributed by atoms with van der Waals surface area (Å²) in [5, 5.41) is 0. The molecule has 3 rings (SSSR count). The molecular formula is C24H32N4O5. The Labute approximate surface area is 192 Å². The van der Waals surface area contributed by atoms with Crippen LogP contribution in [0.4, 0.5) is 0 Å². The van der Waals surface area contributed by atoms with Gasteiger partial charge in [0.15, 0.2) is 22.7 Å². The van der Waals surface area contributed by atoms with Crippen molar-refractivity contribution >= 4 is 17.1 Å². The van der Waals surface area contributed by atoms with E-state index in [1.54, 1.807) is 18.2 Å². The largest absolute Gasteiger partial charge is 0.490 e. The molecule has 0 aliphatic carbocycles.